The lowest BCUT2D eigenvalue weighted by atomic mass is 9.74. The highest BCUT2D eigenvalue weighted by Crippen LogP contribution is 2.56. The average molecular weight is 282 g/mol. The van der Waals surface area contributed by atoms with Gasteiger partial charge < -0.3 is 14.2 Å². The SMILES string of the molecule is CCC[C@@]1(C(C(C)OC)C2(C)O[C@@H]2CC=C(C)C)CO1. The third kappa shape index (κ3) is 2.95. The Balaban J connectivity index is 2.11. The molecule has 116 valence electrons. The molecule has 2 heterocycles. The summed E-state index contributed by atoms with van der Waals surface area (Å²) in [7, 11) is 1.79. The zero-order valence-electron chi connectivity index (χ0n) is 13.9. The maximum absolute atomic E-state index is 6.11. The molecule has 2 saturated heterocycles. The fourth-order valence-corrected chi connectivity index (χ4v) is 3.72. The Bertz CT molecular complexity index is 368. The van der Waals surface area contributed by atoms with Crippen molar-refractivity contribution in [3.05, 3.63) is 11.6 Å². The summed E-state index contributed by atoms with van der Waals surface area (Å²) in [5.41, 5.74) is 1.23. The van der Waals surface area contributed by atoms with Gasteiger partial charge in [-0.15, -0.1) is 0 Å². The standard InChI is InChI=1S/C17H30O3/c1-7-10-17(11-19-17)15(13(4)18-6)16(5)14(20-16)9-8-12(2)3/h8,13-15H,7,9-11H2,1-6H3/t13?,14-,15?,16?,17+/m1/s1. The maximum Gasteiger partial charge on any atom is 0.100 e. The monoisotopic (exact) mass is 282 g/mol. The zero-order chi connectivity index (χ0) is 15.0. The number of methoxy groups -OCH3 is 1. The van der Waals surface area contributed by atoms with Gasteiger partial charge in [-0.3, -0.25) is 0 Å². The molecule has 0 amide bonds. The first-order valence-corrected chi connectivity index (χ1v) is 7.87. The van der Waals surface area contributed by atoms with Crippen LogP contribution in [0.15, 0.2) is 11.6 Å². The molecule has 0 radical (unpaired) electrons. The molecule has 20 heavy (non-hydrogen) atoms. The van der Waals surface area contributed by atoms with Gasteiger partial charge in [-0.1, -0.05) is 25.0 Å². The molecule has 0 aromatic heterocycles. The summed E-state index contributed by atoms with van der Waals surface area (Å²) in [5, 5.41) is 0. The molecule has 2 rings (SSSR count). The molecule has 0 aromatic carbocycles. The van der Waals surface area contributed by atoms with Crippen molar-refractivity contribution in [1.29, 1.82) is 0 Å². The Kier molecular flexibility index (Phi) is 4.63. The molecule has 0 saturated carbocycles. The Hall–Kier alpha value is -0.380. The molecule has 0 N–H and O–H groups in total. The lowest BCUT2D eigenvalue weighted by molar-refractivity contribution is -0.0133. The number of epoxide rings is 2. The van der Waals surface area contributed by atoms with Crippen LogP contribution in [0.1, 0.15) is 53.9 Å². The fraction of sp³-hybridized carbons (Fsp3) is 0.882. The number of ether oxygens (including phenoxy) is 3. The van der Waals surface area contributed by atoms with E-state index in [2.05, 4.69) is 40.7 Å². The van der Waals surface area contributed by atoms with E-state index in [4.69, 9.17) is 14.2 Å². The molecule has 0 spiro atoms. The van der Waals surface area contributed by atoms with Crippen molar-refractivity contribution >= 4 is 0 Å². The van der Waals surface area contributed by atoms with E-state index in [1.54, 1.807) is 7.11 Å². The van der Waals surface area contributed by atoms with Crippen molar-refractivity contribution in [2.24, 2.45) is 5.92 Å². The Labute approximate surface area is 123 Å². The number of hydrogen-bond donors (Lipinski definition) is 0. The highest BCUT2D eigenvalue weighted by molar-refractivity contribution is 5.17. The van der Waals surface area contributed by atoms with E-state index in [0.717, 1.165) is 25.9 Å². The van der Waals surface area contributed by atoms with E-state index in [1.165, 1.54) is 5.57 Å². The van der Waals surface area contributed by atoms with Crippen molar-refractivity contribution in [3.8, 4) is 0 Å². The minimum absolute atomic E-state index is 0.0152. The first kappa shape index (κ1) is 16.0. The molecule has 3 nitrogen and oxygen atoms in total. The van der Waals surface area contributed by atoms with Gasteiger partial charge in [-0.25, -0.2) is 0 Å². The van der Waals surface area contributed by atoms with E-state index < -0.39 is 0 Å². The molecule has 2 fully saturated rings. The predicted octanol–water partition coefficient (Wildman–Crippen LogP) is 3.72. The highest BCUT2D eigenvalue weighted by Gasteiger charge is 2.68. The molecule has 0 bridgehead atoms. The van der Waals surface area contributed by atoms with Crippen LogP contribution in [-0.4, -0.2) is 37.1 Å². The lowest BCUT2D eigenvalue weighted by Gasteiger charge is -2.32. The van der Waals surface area contributed by atoms with Crippen LogP contribution >= 0.6 is 0 Å². The summed E-state index contributed by atoms with van der Waals surface area (Å²) in [6.07, 6.45) is 5.96. The molecule has 0 aromatic rings. The van der Waals surface area contributed by atoms with Crippen LogP contribution in [0.2, 0.25) is 0 Å². The highest BCUT2D eigenvalue weighted by atomic mass is 16.6. The largest absolute Gasteiger partial charge is 0.381 e. The van der Waals surface area contributed by atoms with Crippen molar-refractivity contribution < 1.29 is 14.2 Å². The van der Waals surface area contributed by atoms with E-state index in [1.807, 2.05) is 0 Å². The molecule has 5 atom stereocenters. The van der Waals surface area contributed by atoms with E-state index in [9.17, 15) is 0 Å². The van der Waals surface area contributed by atoms with E-state index in [0.29, 0.717) is 12.0 Å². The van der Waals surface area contributed by atoms with Crippen LogP contribution in [0.25, 0.3) is 0 Å². The minimum Gasteiger partial charge on any atom is -0.381 e. The van der Waals surface area contributed by atoms with Gasteiger partial charge in [-0.2, -0.15) is 0 Å². The van der Waals surface area contributed by atoms with Gasteiger partial charge in [0.1, 0.15) is 5.60 Å². The maximum atomic E-state index is 6.11. The second-order valence-electron chi connectivity index (χ2n) is 6.83. The van der Waals surface area contributed by atoms with Gasteiger partial charge >= 0.3 is 0 Å². The van der Waals surface area contributed by atoms with Crippen LogP contribution in [0.5, 0.6) is 0 Å². The summed E-state index contributed by atoms with van der Waals surface area (Å²) in [5.74, 6) is 0.315. The molecular weight excluding hydrogens is 252 g/mol. The lowest BCUT2D eigenvalue weighted by Crippen LogP contribution is -2.44. The molecule has 2 aliphatic heterocycles. The smallest absolute Gasteiger partial charge is 0.100 e. The first-order chi connectivity index (χ1) is 9.39. The normalized spacial score (nSPS) is 38.2. The minimum atomic E-state index is -0.104. The molecule has 3 heteroatoms. The molecule has 0 aliphatic carbocycles. The van der Waals surface area contributed by atoms with Gasteiger partial charge in [0.15, 0.2) is 0 Å². The summed E-state index contributed by atoms with van der Waals surface area (Å²) < 4.78 is 17.6. The van der Waals surface area contributed by atoms with E-state index >= 15 is 0 Å². The summed E-state index contributed by atoms with van der Waals surface area (Å²) >= 11 is 0. The van der Waals surface area contributed by atoms with Crippen LogP contribution in [0.3, 0.4) is 0 Å². The van der Waals surface area contributed by atoms with Crippen molar-refractivity contribution in [2.75, 3.05) is 13.7 Å². The average Bonchev–Trinajstić information content (AvgIpc) is 3.27. The predicted molar refractivity (Wildman–Crippen MR) is 80.9 cm³/mol. The van der Waals surface area contributed by atoms with Gasteiger partial charge in [-0.05, 0) is 40.5 Å². The third-order valence-electron chi connectivity index (χ3n) is 4.93. The van der Waals surface area contributed by atoms with Crippen molar-refractivity contribution in [2.45, 2.75) is 77.3 Å². The first-order valence-electron chi connectivity index (χ1n) is 7.87. The molecular formula is C17H30O3. The van der Waals surface area contributed by atoms with Crippen LogP contribution in [0, 0.1) is 5.92 Å². The Morgan fingerprint density at radius 3 is 2.55 bits per heavy atom. The fourth-order valence-electron chi connectivity index (χ4n) is 3.72. The van der Waals surface area contributed by atoms with Gasteiger partial charge in [0.25, 0.3) is 0 Å². The van der Waals surface area contributed by atoms with Crippen molar-refractivity contribution in [1.82, 2.24) is 0 Å². The van der Waals surface area contributed by atoms with Gasteiger partial charge in [0, 0.05) is 13.0 Å². The summed E-state index contributed by atoms with van der Waals surface area (Å²) in [6, 6.07) is 0. The summed E-state index contributed by atoms with van der Waals surface area (Å²) in [4.78, 5) is 0. The second-order valence-corrected chi connectivity index (χ2v) is 6.83. The number of rotatable bonds is 8. The molecule has 3 unspecified atom stereocenters. The Morgan fingerprint density at radius 2 is 2.10 bits per heavy atom. The van der Waals surface area contributed by atoms with Crippen LogP contribution in [0.4, 0.5) is 0 Å². The number of hydrogen-bond acceptors (Lipinski definition) is 3. The van der Waals surface area contributed by atoms with Crippen molar-refractivity contribution in [3.63, 3.8) is 0 Å². The van der Waals surface area contributed by atoms with Crippen LogP contribution < -0.4 is 0 Å². The second kappa shape index (κ2) is 5.78. The molecule has 2 aliphatic rings. The van der Waals surface area contributed by atoms with E-state index in [-0.39, 0.29) is 17.3 Å². The topological polar surface area (TPSA) is 34.3 Å². The van der Waals surface area contributed by atoms with Gasteiger partial charge in [0.05, 0.1) is 24.4 Å². The van der Waals surface area contributed by atoms with Crippen LogP contribution in [-0.2, 0) is 14.2 Å². The quantitative estimate of drug-likeness (QED) is 0.502. The third-order valence-corrected chi connectivity index (χ3v) is 4.93. The Morgan fingerprint density at radius 1 is 1.45 bits per heavy atom. The summed E-state index contributed by atoms with van der Waals surface area (Å²) in [6.45, 7) is 11.7. The zero-order valence-corrected chi connectivity index (χ0v) is 13.9. The van der Waals surface area contributed by atoms with Gasteiger partial charge in [0.2, 0.25) is 0 Å². The number of allylic oxidation sites excluding steroid dienone is 1.